The number of rotatable bonds is 5. The number of hydrogen-bond acceptors (Lipinski definition) is 3. The van der Waals surface area contributed by atoms with Crippen molar-refractivity contribution in [3.8, 4) is 0 Å². The Morgan fingerprint density at radius 3 is 2.73 bits per heavy atom. The summed E-state index contributed by atoms with van der Waals surface area (Å²) in [7, 11) is 0. The van der Waals surface area contributed by atoms with E-state index in [9.17, 15) is 9.90 Å². The first kappa shape index (κ1) is 17.6. The molecule has 4 rings (SSSR count). The molecule has 1 unspecified atom stereocenters. The van der Waals surface area contributed by atoms with Crippen molar-refractivity contribution in [2.75, 3.05) is 13.1 Å². The lowest BCUT2D eigenvalue weighted by molar-refractivity contribution is -0.141. The van der Waals surface area contributed by atoms with Crippen LogP contribution in [0.1, 0.15) is 49.1 Å². The first-order chi connectivity index (χ1) is 12.6. The summed E-state index contributed by atoms with van der Waals surface area (Å²) in [6.45, 7) is 2.37. The molecule has 1 aromatic carbocycles. The van der Waals surface area contributed by atoms with E-state index in [1.54, 1.807) is 29.2 Å². The third-order valence-corrected chi connectivity index (χ3v) is 5.70. The van der Waals surface area contributed by atoms with Crippen molar-refractivity contribution in [2.24, 2.45) is 5.92 Å². The van der Waals surface area contributed by atoms with Crippen molar-refractivity contribution in [3.63, 3.8) is 0 Å². The van der Waals surface area contributed by atoms with Gasteiger partial charge < -0.3 is 14.6 Å². The minimum absolute atomic E-state index is 0.243. The summed E-state index contributed by atoms with van der Waals surface area (Å²) in [6.07, 6.45) is 7.23. The second kappa shape index (κ2) is 7.41. The van der Waals surface area contributed by atoms with Crippen LogP contribution < -0.4 is 0 Å². The molecule has 2 aliphatic rings. The van der Waals surface area contributed by atoms with Crippen LogP contribution in [0.3, 0.4) is 0 Å². The van der Waals surface area contributed by atoms with E-state index in [2.05, 4.69) is 15.7 Å². The number of likely N-dealkylation sites (tertiary alicyclic amines) is 1. The molecular formula is C20H24ClN3O2. The molecule has 6 heteroatoms. The van der Waals surface area contributed by atoms with Crippen LogP contribution in [0.15, 0.2) is 36.7 Å². The van der Waals surface area contributed by atoms with Crippen molar-refractivity contribution in [1.29, 1.82) is 0 Å². The number of carbonyl (C=O) groups excluding carboxylic acids is 1. The van der Waals surface area contributed by atoms with Crippen LogP contribution in [0.2, 0.25) is 5.02 Å². The number of piperidine rings is 1. The van der Waals surface area contributed by atoms with Crippen LogP contribution >= 0.6 is 11.6 Å². The van der Waals surface area contributed by atoms with Crippen LogP contribution in [0.25, 0.3) is 0 Å². The highest BCUT2D eigenvalue weighted by molar-refractivity contribution is 6.30. The van der Waals surface area contributed by atoms with Crippen molar-refractivity contribution < 1.29 is 9.90 Å². The average Bonchev–Trinajstić information content (AvgIpc) is 3.36. The minimum atomic E-state index is -1.15. The second-order valence-electron chi connectivity index (χ2n) is 7.44. The topological polar surface area (TPSA) is 58.4 Å². The van der Waals surface area contributed by atoms with Gasteiger partial charge in [0.2, 0.25) is 0 Å². The van der Waals surface area contributed by atoms with E-state index in [-0.39, 0.29) is 5.91 Å². The highest BCUT2D eigenvalue weighted by atomic mass is 35.5. The first-order valence-electron chi connectivity index (χ1n) is 9.35. The molecule has 1 saturated carbocycles. The Hall–Kier alpha value is -1.85. The van der Waals surface area contributed by atoms with Gasteiger partial charge in [0.05, 0.1) is 0 Å². The predicted octanol–water partition coefficient (Wildman–Crippen LogP) is 3.39. The number of halogens is 1. The zero-order chi connectivity index (χ0) is 18.1. The monoisotopic (exact) mass is 373 g/mol. The molecule has 2 fully saturated rings. The Bertz CT molecular complexity index is 779. The highest BCUT2D eigenvalue weighted by Gasteiger charge is 2.31. The van der Waals surface area contributed by atoms with Crippen molar-refractivity contribution >= 4 is 17.5 Å². The fourth-order valence-electron chi connectivity index (χ4n) is 3.76. The Balaban J connectivity index is 1.37. The molecule has 2 heterocycles. The molecule has 1 aliphatic carbocycles. The molecular weight excluding hydrogens is 350 g/mol. The molecule has 1 atom stereocenters. The molecule has 0 bridgehead atoms. The number of aliphatic hydroxyl groups is 1. The van der Waals surface area contributed by atoms with Gasteiger partial charge in [0, 0.05) is 43.0 Å². The van der Waals surface area contributed by atoms with E-state index in [0.29, 0.717) is 29.6 Å². The second-order valence-corrected chi connectivity index (χ2v) is 7.87. The smallest absolute Gasteiger partial charge is 0.256 e. The summed E-state index contributed by atoms with van der Waals surface area (Å²) in [5, 5.41) is 10.9. The van der Waals surface area contributed by atoms with E-state index in [1.807, 2.05) is 6.20 Å². The van der Waals surface area contributed by atoms with Crippen LogP contribution in [0, 0.1) is 5.92 Å². The number of aliphatic hydroxyl groups excluding tert-OH is 1. The SMILES string of the molecule is O=C(C(O)c1cccc(Cl)c1)N1CCC(c2nccn2CC2CC2)CC1. The standard InChI is InChI=1S/C20H24ClN3O2/c21-17-3-1-2-16(12-17)18(25)20(26)23-9-6-15(7-10-23)19-22-8-11-24(19)13-14-4-5-14/h1-3,8,11-12,14-15,18,25H,4-7,9-10,13H2. The molecule has 1 saturated heterocycles. The Kier molecular flexibility index (Phi) is 5.00. The van der Waals surface area contributed by atoms with E-state index in [4.69, 9.17) is 11.6 Å². The summed E-state index contributed by atoms with van der Waals surface area (Å²) in [5.74, 6) is 2.11. The fraction of sp³-hybridized carbons (Fsp3) is 0.500. The first-order valence-corrected chi connectivity index (χ1v) is 9.73. The number of amides is 1. The van der Waals surface area contributed by atoms with Gasteiger partial charge in [-0.05, 0) is 49.3 Å². The lowest BCUT2D eigenvalue weighted by Crippen LogP contribution is -2.41. The largest absolute Gasteiger partial charge is 0.378 e. The fourth-order valence-corrected chi connectivity index (χ4v) is 3.96. The molecule has 138 valence electrons. The maximum Gasteiger partial charge on any atom is 0.256 e. The summed E-state index contributed by atoms with van der Waals surface area (Å²) in [5.41, 5.74) is 0.546. The van der Waals surface area contributed by atoms with Gasteiger partial charge in [0.1, 0.15) is 5.82 Å². The van der Waals surface area contributed by atoms with Crippen LogP contribution in [0.4, 0.5) is 0 Å². The van der Waals surface area contributed by atoms with E-state index in [1.165, 1.54) is 12.8 Å². The van der Waals surface area contributed by atoms with E-state index < -0.39 is 6.10 Å². The minimum Gasteiger partial charge on any atom is -0.378 e. The van der Waals surface area contributed by atoms with Gasteiger partial charge in [0.15, 0.2) is 6.10 Å². The summed E-state index contributed by atoms with van der Waals surface area (Å²) < 4.78 is 2.29. The molecule has 5 nitrogen and oxygen atoms in total. The number of imidazole rings is 1. The lowest BCUT2D eigenvalue weighted by atomic mass is 9.95. The zero-order valence-electron chi connectivity index (χ0n) is 14.7. The molecule has 1 aromatic heterocycles. The summed E-state index contributed by atoms with van der Waals surface area (Å²) in [6, 6.07) is 6.86. The Labute approximate surface area is 158 Å². The third kappa shape index (κ3) is 3.79. The molecule has 1 amide bonds. The van der Waals surface area contributed by atoms with Crippen LogP contribution in [-0.2, 0) is 11.3 Å². The summed E-state index contributed by atoms with van der Waals surface area (Å²) >= 11 is 5.97. The van der Waals surface area contributed by atoms with Gasteiger partial charge in [-0.1, -0.05) is 23.7 Å². The summed E-state index contributed by atoms with van der Waals surface area (Å²) in [4.78, 5) is 19.0. The molecule has 1 N–H and O–H groups in total. The quantitative estimate of drug-likeness (QED) is 0.874. The average molecular weight is 374 g/mol. The highest BCUT2D eigenvalue weighted by Crippen LogP contribution is 2.33. The van der Waals surface area contributed by atoms with Crippen molar-refractivity contribution in [3.05, 3.63) is 53.1 Å². The number of nitrogens with zero attached hydrogens (tertiary/aromatic N) is 3. The van der Waals surface area contributed by atoms with Crippen LogP contribution in [-0.4, -0.2) is 38.6 Å². The van der Waals surface area contributed by atoms with Crippen LogP contribution in [0.5, 0.6) is 0 Å². The third-order valence-electron chi connectivity index (χ3n) is 5.47. The maximum atomic E-state index is 12.6. The van der Waals surface area contributed by atoms with E-state index >= 15 is 0 Å². The zero-order valence-corrected chi connectivity index (χ0v) is 15.5. The number of carbonyl (C=O) groups is 1. The maximum absolute atomic E-state index is 12.6. The van der Waals surface area contributed by atoms with Crippen molar-refractivity contribution in [1.82, 2.24) is 14.5 Å². The predicted molar refractivity (Wildman–Crippen MR) is 99.9 cm³/mol. The van der Waals surface area contributed by atoms with Crippen molar-refractivity contribution in [2.45, 2.75) is 44.2 Å². The van der Waals surface area contributed by atoms with E-state index in [0.717, 1.165) is 31.1 Å². The van der Waals surface area contributed by atoms with Gasteiger partial charge in [-0.25, -0.2) is 4.98 Å². The number of benzene rings is 1. The molecule has 1 aliphatic heterocycles. The van der Waals surface area contributed by atoms with Gasteiger partial charge in [-0.3, -0.25) is 4.79 Å². The molecule has 26 heavy (non-hydrogen) atoms. The number of hydrogen-bond donors (Lipinski definition) is 1. The normalized spacial score (nSPS) is 19.5. The Morgan fingerprint density at radius 2 is 2.04 bits per heavy atom. The lowest BCUT2D eigenvalue weighted by Gasteiger charge is -2.33. The number of aromatic nitrogens is 2. The molecule has 0 radical (unpaired) electrons. The van der Waals surface area contributed by atoms with Gasteiger partial charge >= 0.3 is 0 Å². The molecule has 2 aromatic rings. The van der Waals surface area contributed by atoms with Gasteiger partial charge in [-0.2, -0.15) is 0 Å². The Morgan fingerprint density at radius 1 is 1.27 bits per heavy atom. The van der Waals surface area contributed by atoms with Gasteiger partial charge in [-0.15, -0.1) is 0 Å². The molecule has 0 spiro atoms. The van der Waals surface area contributed by atoms with Gasteiger partial charge in [0.25, 0.3) is 5.91 Å².